The number of carbonyl (C=O) groups is 1. The molecule has 0 saturated heterocycles. The van der Waals surface area contributed by atoms with Crippen LogP contribution in [0, 0.1) is 5.92 Å². The summed E-state index contributed by atoms with van der Waals surface area (Å²) in [6.07, 6.45) is 4.68. The van der Waals surface area contributed by atoms with Gasteiger partial charge in [-0.25, -0.2) is 0 Å². The predicted molar refractivity (Wildman–Crippen MR) is 107 cm³/mol. The van der Waals surface area contributed by atoms with Gasteiger partial charge in [0.2, 0.25) is 9.76 Å². The van der Waals surface area contributed by atoms with Crippen LogP contribution < -0.4 is 0 Å². The van der Waals surface area contributed by atoms with Crippen molar-refractivity contribution in [1.29, 1.82) is 0 Å². The van der Waals surface area contributed by atoms with Crippen LogP contribution in [-0.4, -0.2) is 29.7 Å². The Labute approximate surface area is 154 Å². The van der Waals surface area contributed by atoms with Crippen LogP contribution in [0.15, 0.2) is 0 Å². The van der Waals surface area contributed by atoms with Gasteiger partial charge in [0.1, 0.15) is 0 Å². The van der Waals surface area contributed by atoms with Gasteiger partial charge in [-0.3, -0.25) is 4.79 Å². The molecule has 0 aromatic heterocycles. The lowest BCUT2D eigenvalue weighted by Gasteiger charge is -2.36. The van der Waals surface area contributed by atoms with E-state index in [2.05, 4.69) is 48.5 Å². The van der Waals surface area contributed by atoms with E-state index >= 15 is 0 Å². The number of hydrogen-bond donors (Lipinski definition) is 0. The largest absolute Gasteiger partial charge is 0.519 e. The molecule has 0 amide bonds. The van der Waals surface area contributed by atoms with Crippen molar-refractivity contribution < 1.29 is 13.6 Å². The van der Waals surface area contributed by atoms with E-state index in [-0.39, 0.29) is 17.5 Å². The highest BCUT2D eigenvalue weighted by Gasteiger charge is 2.41. The quantitative estimate of drug-likeness (QED) is 0.396. The fourth-order valence-corrected chi connectivity index (χ4v) is 7.93. The van der Waals surface area contributed by atoms with Gasteiger partial charge in [-0.1, -0.05) is 60.3 Å². The number of hydrogen-bond acceptors (Lipinski definition) is 3. The maximum Gasteiger partial charge on any atom is 0.295 e. The molecule has 0 aliphatic heterocycles. The van der Waals surface area contributed by atoms with E-state index in [0.29, 0.717) is 15.3 Å². The minimum atomic E-state index is -2.00. The van der Waals surface area contributed by atoms with E-state index in [4.69, 9.17) is 8.85 Å². The van der Waals surface area contributed by atoms with Gasteiger partial charge in [0.25, 0.3) is 14.3 Å². The van der Waals surface area contributed by atoms with Crippen molar-refractivity contribution in [2.45, 2.75) is 110 Å². The third kappa shape index (κ3) is 9.37. The van der Waals surface area contributed by atoms with E-state index in [9.17, 15) is 4.79 Å². The maximum atomic E-state index is 12.7. The first-order chi connectivity index (χ1) is 11.1. The Bertz CT molecular complexity index is 343. The van der Waals surface area contributed by atoms with Gasteiger partial charge in [0.05, 0.1) is 5.92 Å². The molecule has 0 aromatic rings. The standard InChI is InChI=1S/C19H40O3Si2/c1-9-11-13-24(16(3)4,14-12-10-2)21-18(20)17(5)15-23-22-19(6,7)8/h16-17H,9-15H2,1-8H3. The average molecular weight is 373 g/mol. The van der Waals surface area contributed by atoms with Gasteiger partial charge in [0.15, 0.2) is 0 Å². The van der Waals surface area contributed by atoms with Crippen molar-refractivity contribution in [3.63, 3.8) is 0 Å². The molecule has 0 spiro atoms. The van der Waals surface area contributed by atoms with Crippen molar-refractivity contribution >= 4 is 24.0 Å². The number of rotatable bonds is 12. The highest BCUT2D eigenvalue weighted by atomic mass is 28.4. The molecule has 2 radical (unpaired) electrons. The molecule has 0 aliphatic carbocycles. The van der Waals surface area contributed by atoms with Crippen LogP contribution in [0.3, 0.4) is 0 Å². The van der Waals surface area contributed by atoms with Gasteiger partial charge in [-0.2, -0.15) is 0 Å². The lowest BCUT2D eigenvalue weighted by Crippen LogP contribution is -2.44. The van der Waals surface area contributed by atoms with Crippen molar-refractivity contribution in [3.8, 4) is 0 Å². The molecular formula is C19H40O3Si2. The molecule has 0 N–H and O–H groups in total. The van der Waals surface area contributed by atoms with Gasteiger partial charge in [0, 0.05) is 5.60 Å². The molecule has 3 nitrogen and oxygen atoms in total. The molecule has 142 valence electrons. The fourth-order valence-electron chi connectivity index (χ4n) is 2.64. The highest BCUT2D eigenvalue weighted by Crippen LogP contribution is 2.35. The Morgan fingerprint density at radius 1 is 1.04 bits per heavy atom. The summed E-state index contributed by atoms with van der Waals surface area (Å²) in [5.74, 6) is -0.0628. The molecule has 0 rings (SSSR count). The summed E-state index contributed by atoms with van der Waals surface area (Å²) in [4.78, 5) is 12.7. The summed E-state index contributed by atoms with van der Waals surface area (Å²) >= 11 is 0. The third-order valence-corrected chi connectivity index (χ3v) is 11.1. The Hall–Kier alpha value is -0.136. The zero-order valence-corrected chi connectivity index (χ0v) is 19.3. The molecule has 0 aliphatic rings. The topological polar surface area (TPSA) is 35.5 Å². The van der Waals surface area contributed by atoms with Crippen LogP contribution in [0.4, 0.5) is 0 Å². The SMILES string of the molecule is CCCC[Si](CCCC)(OC(=O)C(C)C[Si]OC(C)(C)C)C(C)C. The molecule has 0 fully saturated rings. The summed E-state index contributed by atoms with van der Waals surface area (Å²) < 4.78 is 12.1. The third-order valence-electron chi connectivity index (χ3n) is 4.43. The molecule has 0 aromatic carbocycles. The lowest BCUT2D eigenvalue weighted by molar-refractivity contribution is -0.139. The van der Waals surface area contributed by atoms with Gasteiger partial charge in [-0.15, -0.1) is 0 Å². The summed E-state index contributed by atoms with van der Waals surface area (Å²) in [6.45, 7) is 17.1. The maximum absolute atomic E-state index is 12.7. The van der Waals surface area contributed by atoms with E-state index in [0.717, 1.165) is 18.1 Å². The average Bonchev–Trinajstić information content (AvgIpc) is 2.48. The highest BCUT2D eigenvalue weighted by molar-refractivity contribution is 6.76. The van der Waals surface area contributed by atoms with Crippen LogP contribution >= 0.6 is 0 Å². The van der Waals surface area contributed by atoms with Crippen molar-refractivity contribution in [1.82, 2.24) is 0 Å². The first-order valence-corrected chi connectivity index (χ1v) is 13.2. The van der Waals surface area contributed by atoms with Gasteiger partial charge in [-0.05, 0) is 44.4 Å². The normalized spacial score (nSPS) is 14.0. The monoisotopic (exact) mass is 372 g/mol. The second-order valence-electron chi connectivity index (χ2n) is 8.31. The summed E-state index contributed by atoms with van der Waals surface area (Å²) in [6, 6.07) is 2.99. The molecule has 1 atom stereocenters. The predicted octanol–water partition coefficient (Wildman–Crippen LogP) is 5.97. The van der Waals surface area contributed by atoms with Crippen LogP contribution in [0.1, 0.15) is 81.1 Å². The van der Waals surface area contributed by atoms with Crippen molar-refractivity contribution in [2.75, 3.05) is 0 Å². The molecule has 24 heavy (non-hydrogen) atoms. The zero-order valence-electron chi connectivity index (χ0n) is 17.3. The minimum absolute atomic E-state index is 0.00702. The van der Waals surface area contributed by atoms with E-state index in [1.165, 1.54) is 25.7 Å². The number of carbonyl (C=O) groups excluding carboxylic acids is 1. The fraction of sp³-hybridized carbons (Fsp3) is 0.947. The Morgan fingerprint density at radius 3 is 1.92 bits per heavy atom. The summed E-state index contributed by atoms with van der Waals surface area (Å²) in [7, 11) is -1.65. The van der Waals surface area contributed by atoms with Crippen LogP contribution in [0.25, 0.3) is 0 Å². The first-order valence-electron chi connectivity index (χ1n) is 9.71. The Morgan fingerprint density at radius 2 is 1.54 bits per heavy atom. The molecule has 0 bridgehead atoms. The van der Waals surface area contributed by atoms with Crippen LogP contribution in [-0.2, 0) is 13.6 Å². The Balaban J connectivity index is 4.81. The molecule has 1 unspecified atom stereocenters. The van der Waals surface area contributed by atoms with Crippen molar-refractivity contribution in [3.05, 3.63) is 0 Å². The smallest absolute Gasteiger partial charge is 0.295 e. The summed E-state index contributed by atoms with van der Waals surface area (Å²) in [5, 5.41) is 0. The molecule has 0 saturated carbocycles. The Kier molecular flexibility index (Phi) is 11.4. The number of unbranched alkanes of at least 4 members (excludes halogenated alkanes) is 2. The summed E-state index contributed by atoms with van der Waals surface area (Å²) in [5.41, 5.74) is 0.348. The van der Waals surface area contributed by atoms with Crippen LogP contribution in [0.2, 0.25) is 23.7 Å². The van der Waals surface area contributed by atoms with Crippen molar-refractivity contribution in [2.24, 2.45) is 5.92 Å². The minimum Gasteiger partial charge on any atom is -0.519 e. The van der Waals surface area contributed by atoms with Gasteiger partial charge >= 0.3 is 0 Å². The van der Waals surface area contributed by atoms with Crippen LogP contribution in [0.5, 0.6) is 0 Å². The molecular weight excluding hydrogens is 332 g/mol. The van der Waals surface area contributed by atoms with E-state index < -0.39 is 8.32 Å². The second-order valence-corrected chi connectivity index (χ2v) is 13.7. The molecule has 5 heteroatoms. The zero-order chi connectivity index (χ0) is 18.8. The molecule has 0 heterocycles. The first kappa shape index (κ1) is 23.9. The van der Waals surface area contributed by atoms with Gasteiger partial charge < -0.3 is 8.85 Å². The van der Waals surface area contributed by atoms with E-state index in [1.807, 2.05) is 6.92 Å². The van der Waals surface area contributed by atoms with E-state index in [1.54, 1.807) is 0 Å². The lowest BCUT2D eigenvalue weighted by atomic mass is 10.2. The second kappa shape index (κ2) is 11.5.